The fourth-order valence-electron chi connectivity index (χ4n) is 2.01. The Morgan fingerprint density at radius 1 is 1.38 bits per heavy atom. The zero-order chi connectivity index (χ0) is 11.8. The van der Waals surface area contributed by atoms with E-state index in [0.29, 0.717) is 6.54 Å². The fraction of sp³-hybridized carbons (Fsp3) is 0.429. The molecule has 0 aliphatic heterocycles. The number of ether oxygens (including phenoxy) is 1. The van der Waals surface area contributed by atoms with Gasteiger partial charge in [0.05, 0.1) is 7.11 Å². The molecule has 86 valence electrons. The Morgan fingerprint density at radius 2 is 2.12 bits per heavy atom. The van der Waals surface area contributed by atoms with Gasteiger partial charge in [-0.2, -0.15) is 0 Å². The van der Waals surface area contributed by atoms with E-state index >= 15 is 0 Å². The molecule has 2 rings (SSSR count). The molecule has 0 bridgehead atoms. The quantitative estimate of drug-likeness (QED) is 0.844. The number of fused-ring (bicyclic) bond motifs is 1. The number of methoxy groups -OCH3 is 1. The van der Waals surface area contributed by atoms with Gasteiger partial charge in [0.25, 0.3) is 0 Å². The predicted molar refractivity (Wildman–Crippen MR) is 67.5 cm³/mol. The molecule has 2 nitrogen and oxygen atoms in total. The SMILES string of the molecule is COc1ccc2c(c1)CC(C(C)(C)CN)=C2. The minimum Gasteiger partial charge on any atom is -0.497 e. The molecule has 0 unspecified atom stereocenters. The van der Waals surface area contributed by atoms with Crippen LogP contribution in [-0.2, 0) is 6.42 Å². The lowest BCUT2D eigenvalue weighted by Gasteiger charge is -2.24. The van der Waals surface area contributed by atoms with Crippen molar-refractivity contribution in [2.75, 3.05) is 13.7 Å². The molecular formula is C14H19NO. The van der Waals surface area contributed by atoms with Gasteiger partial charge in [-0.15, -0.1) is 0 Å². The van der Waals surface area contributed by atoms with Gasteiger partial charge < -0.3 is 10.5 Å². The van der Waals surface area contributed by atoms with E-state index in [1.807, 2.05) is 6.07 Å². The molecular weight excluding hydrogens is 198 g/mol. The zero-order valence-corrected chi connectivity index (χ0v) is 10.2. The summed E-state index contributed by atoms with van der Waals surface area (Å²) in [6, 6.07) is 6.24. The third-order valence-electron chi connectivity index (χ3n) is 3.44. The summed E-state index contributed by atoms with van der Waals surface area (Å²) in [7, 11) is 1.70. The summed E-state index contributed by atoms with van der Waals surface area (Å²) in [5.74, 6) is 0.930. The van der Waals surface area contributed by atoms with Crippen molar-refractivity contribution in [1.82, 2.24) is 0 Å². The van der Waals surface area contributed by atoms with Crippen LogP contribution in [0, 0.1) is 5.41 Å². The Bertz CT molecular complexity index is 432. The van der Waals surface area contributed by atoms with Gasteiger partial charge >= 0.3 is 0 Å². The maximum absolute atomic E-state index is 5.81. The van der Waals surface area contributed by atoms with Gasteiger partial charge in [-0.25, -0.2) is 0 Å². The Balaban J connectivity index is 2.30. The summed E-state index contributed by atoms with van der Waals surface area (Å²) in [5, 5.41) is 0. The minimum absolute atomic E-state index is 0.0895. The maximum Gasteiger partial charge on any atom is 0.119 e. The average molecular weight is 217 g/mol. The summed E-state index contributed by atoms with van der Waals surface area (Å²) in [6.45, 7) is 5.08. The topological polar surface area (TPSA) is 35.2 Å². The maximum atomic E-state index is 5.81. The normalized spacial score (nSPS) is 14.6. The van der Waals surface area contributed by atoms with Crippen LogP contribution in [0.5, 0.6) is 5.75 Å². The number of hydrogen-bond acceptors (Lipinski definition) is 2. The number of nitrogens with two attached hydrogens (primary N) is 1. The second-order valence-corrected chi connectivity index (χ2v) is 5.00. The first-order valence-electron chi connectivity index (χ1n) is 5.65. The van der Waals surface area contributed by atoms with Crippen LogP contribution >= 0.6 is 0 Å². The first-order chi connectivity index (χ1) is 7.56. The van der Waals surface area contributed by atoms with Gasteiger partial charge in [-0.3, -0.25) is 0 Å². The van der Waals surface area contributed by atoms with Crippen LogP contribution in [-0.4, -0.2) is 13.7 Å². The highest BCUT2D eigenvalue weighted by Crippen LogP contribution is 2.37. The Kier molecular flexibility index (Phi) is 2.76. The molecule has 0 saturated heterocycles. The van der Waals surface area contributed by atoms with Crippen LogP contribution < -0.4 is 10.5 Å². The molecule has 2 heteroatoms. The lowest BCUT2D eigenvalue weighted by atomic mass is 9.83. The van der Waals surface area contributed by atoms with Crippen LogP contribution in [0.2, 0.25) is 0 Å². The lowest BCUT2D eigenvalue weighted by molar-refractivity contribution is 0.414. The first-order valence-corrected chi connectivity index (χ1v) is 5.65. The summed E-state index contributed by atoms with van der Waals surface area (Å²) in [5.41, 5.74) is 9.96. The fourth-order valence-corrected chi connectivity index (χ4v) is 2.01. The molecule has 16 heavy (non-hydrogen) atoms. The van der Waals surface area contributed by atoms with Crippen molar-refractivity contribution in [2.45, 2.75) is 20.3 Å². The van der Waals surface area contributed by atoms with Crippen molar-refractivity contribution >= 4 is 6.08 Å². The summed E-state index contributed by atoms with van der Waals surface area (Å²) >= 11 is 0. The van der Waals surface area contributed by atoms with Crippen molar-refractivity contribution in [3.05, 3.63) is 34.9 Å². The van der Waals surface area contributed by atoms with Crippen LogP contribution in [0.25, 0.3) is 6.08 Å². The summed E-state index contributed by atoms with van der Waals surface area (Å²) < 4.78 is 5.24. The van der Waals surface area contributed by atoms with Gasteiger partial charge in [-0.1, -0.05) is 31.6 Å². The molecule has 1 aromatic carbocycles. The van der Waals surface area contributed by atoms with E-state index in [9.17, 15) is 0 Å². The van der Waals surface area contributed by atoms with Crippen LogP contribution in [0.4, 0.5) is 0 Å². The standard InChI is InChI=1S/C14H19NO/c1-14(2,9-15)12-6-10-4-5-13(16-3)8-11(10)7-12/h4-6,8H,7,9,15H2,1-3H3. The van der Waals surface area contributed by atoms with Gasteiger partial charge in [0.2, 0.25) is 0 Å². The number of benzene rings is 1. The van der Waals surface area contributed by atoms with Crippen molar-refractivity contribution in [3.63, 3.8) is 0 Å². The molecule has 0 amide bonds. The highest BCUT2D eigenvalue weighted by molar-refractivity contribution is 5.66. The molecule has 2 N–H and O–H groups in total. The van der Waals surface area contributed by atoms with Crippen molar-refractivity contribution in [1.29, 1.82) is 0 Å². The molecule has 1 aliphatic rings. The average Bonchev–Trinajstić information content (AvgIpc) is 2.72. The van der Waals surface area contributed by atoms with Crippen LogP contribution in [0.3, 0.4) is 0 Å². The third-order valence-corrected chi connectivity index (χ3v) is 3.44. The Hall–Kier alpha value is -1.28. The Morgan fingerprint density at radius 3 is 2.75 bits per heavy atom. The van der Waals surface area contributed by atoms with E-state index in [1.165, 1.54) is 16.7 Å². The molecule has 0 saturated carbocycles. The molecule has 0 aromatic heterocycles. The van der Waals surface area contributed by atoms with E-state index in [1.54, 1.807) is 7.11 Å². The molecule has 0 spiro atoms. The van der Waals surface area contributed by atoms with E-state index in [4.69, 9.17) is 10.5 Å². The molecule has 1 aromatic rings. The van der Waals surface area contributed by atoms with Crippen molar-refractivity contribution < 1.29 is 4.74 Å². The van der Waals surface area contributed by atoms with Gasteiger partial charge in [0.1, 0.15) is 5.75 Å². The molecule has 0 radical (unpaired) electrons. The Labute approximate surface area is 97.1 Å². The predicted octanol–water partition coefficient (Wildman–Crippen LogP) is 2.62. The van der Waals surface area contributed by atoms with Crippen LogP contribution in [0.15, 0.2) is 23.8 Å². The van der Waals surface area contributed by atoms with Crippen molar-refractivity contribution in [2.24, 2.45) is 11.1 Å². The van der Waals surface area contributed by atoms with E-state index in [2.05, 4.69) is 32.1 Å². The lowest BCUT2D eigenvalue weighted by Crippen LogP contribution is -2.25. The number of rotatable bonds is 3. The third kappa shape index (κ3) is 1.85. The second kappa shape index (κ2) is 3.95. The zero-order valence-electron chi connectivity index (χ0n) is 10.2. The first kappa shape index (κ1) is 11.2. The molecule has 0 atom stereocenters. The van der Waals surface area contributed by atoms with Crippen molar-refractivity contribution in [3.8, 4) is 5.75 Å². The van der Waals surface area contributed by atoms with Gasteiger partial charge in [-0.05, 0) is 35.1 Å². The largest absolute Gasteiger partial charge is 0.497 e. The summed E-state index contributed by atoms with van der Waals surface area (Å²) in [4.78, 5) is 0. The molecule has 0 fully saturated rings. The highest BCUT2D eigenvalue weighted by atomic mass is 16.5. The highest BCUT2D eigenvalue weighted by Gasteiger charge is 2.26. The minimum atomic E-state index is 0.0895. The monoisotopic (exact) mass is 217 g/mol. The second-order valence-electron chi connectivity index (χ2n) is 5.00. The van der Waals surface area contributed by atoms with Crippen LogP contribution in [0.1, 0.15) is 25.0 Å². The van der Waals surface area contributed by atoms with Gasteiger partial charge in [0, 0.05) is 6.54 Å². The molecule has 0 heterocycles. The van der Waals surface area contributed by atoms with E-state index < -0.39 is 0 Å². The molecule has 1 aliphatic carbocycles. The van der Waals surface area contributed by atoms with E-state index in [0.717, 1.165) is 12.2 Å². The van der Waals surface area contributed by atoms with E-state index in [-0.39, 0.29) is 5.41 Å². The smallest absolute Gasteiger partial charge is 0.119 e. The summed E-state index contributed by atoms with van der Waals surface area (Å²) in [6.07, 6.45) is 3.26. The van der Waals surface area contributed by atoms with Gasteiger partial charge in [0.15, 0.2) is 0 Å². The number of hydrogen-bond donors (Lipinski definition) is 1.